The Labute approximate surface area is 192 Å². The predicted molar refractivity (Wildman–Crippen MR) is 122 cm³/mol. The van der Waals surface area contributed by atoms with Gasteiger partial charge >= 0.3 is 5.97 Å². The van der Waals surface area contributed by atoms with E-state index >= 15 is 0 Å². The first-order chi connectivity index (χ1) is 15.2. The number of ether oxygens (including phenoxy) is 1. The summed E-state index contributed by atoms with van der Waals surface area (Å²) in [5.74, 6) is -0.0295. The molecule has 0 aliphatic carbocycles. The molecule has 0 spiro atoms. The smallest absolute Gasteiger partial charge is 0.311 e. The number of hydrogen-bond donors (Lipinski definition) is 1. The van der Waals surface area contributed by atoms with Crippen molar-refractivity contribution in [1.29, 1.82) is 0 Å². The Morgan fingerprint density at radius 2 is 2.09 bits per heavy atom. The molecule has 4 heterocycles. The standard InChI is InChI=1S/C20H24N6O4S2/c1-5-30-15(28)6-11-9-31-18(22-11)23-14(27)7-12-10-32-19-24-16-13(17(29)25(12)19)8-21-26(16)20(2,3)4/h8-9,12H,5-7,10H2,1-4H3,(H,22,23,27). The number of hydrogen-bond acceptors (Lipinski definition) is 9. The van der Waals surface area contributed by atoms with Crippen LogP contribution in [-0.4, -0.2) is 48.6 Å². The summed E-state index contributed by atoms with van der Waals surface area (Å²) in [5.41, 5.74) is 0.615. The Bertz CT molecular complexity index is 1240. The van der Waals surface area contributed by atoms with Crippen molar-refractivity contribution in [2.75, 3.05) is 17.7 Å². The molecule has 1 atom stereocenters. The van der Waals surface area contributed by atoms with Crippen molar-refractivity contribution < 1.29 is 14.3 Å². The van der Waals surface area contributed by atoms with Gasteiger partial charge in [0, 0.05) is 17.6 Å². The molecule has 0 aromatic carbocycles. The molecule has 1 N–H and O–H groups in total. The van der Waals surface area contributed by atoms with Crippen molar-refractivity contribution >= 4 is 51.1 Å². The Morgan fingerprint density at radius 1 is 1.31 bits per heavy atom. The second-order valence-electron chi connectivity index (χ2n) is 8.38. The van der Waals surface area contributed by atoms with Gasteiger partial charge in [-0.3, -0.25) is 19.0 Å². The van der Waals surface area contributed by atoms with Crippen LogP contribution in [0.25, 0.3) is 11.0 Å². The molecule has 3 aromatic rings. The maximum absolute atomic E-state index is 13.1. The van der Waals surface area contributed by atoms with Crippen LogP contribution in [0.1, 0.15) is 45.9 Å². The molecule has 12 heteroatoms. The fourth-order valence-electron chi connectivity index (χ4n) is 3.46. The van der Waals surface area contributed by atoms with Crippen molar-refractivity contribution in [1.82, 2.24) is 24.3 Å². The van der Waals surface area contributed by atoms with Gasteiger partial charge in [-0.1, -0.05) is 11.8 Å². The van der Waals surface area contributed by atoms with Crippen LogP contribution in [0.15, 0.2) is 21.5 Å². The van der Waals surface area contributed by atoms with Crippen molar-refractivity contribution in [3.63, 3.8) is 0 Å². The minimum atomic E-state index is -0.358. The summed E-state index contributed by atoms with van der Waals surface area (Å²) in [6, 6.07) is -0.309. The highest BCUT2D eigenvalue weighted by Gasteiger charge is 2.30. The molecule has 0 radical (unpaired) electrons. The molecule has 170 valence electrons. The van der Waals surface area contributed by atoms with Crippen LogP contribution in [0.4, 0.5) is 5.13 Å². The third-order valence-corrected chi connectivity index (χ3v) is 6.76. The minimum Gasteiger partial charge on any atom is -0.466 e. The van der Waals surface area contributed by atoms with E-state index in [9.17, 15) is 14.4 Å². The van der Waals surface area contributed by atoms with Gasteiger partial charge in [0.1, 0.15) is 5.39 Å². The second kappa shape index (κ2) is 8.66. The van der Waals surface area contributed by atoms with Gasteiger partial charge < -0.3 is 10.1 Å². The highest BCUT2D eigenvalue weighted by molar-refractivity contribution is 7.99. The Morgan fingerprint density at radius 3 is 2.81 bits per heavy atom. The summed E-state index contributed by atoms with van der Waals surface area (Å²) in [6.07, 6.45) is 1.73. The van der Waals surface area contributed by atoms with E-state index in [1.807, 2.05) is 20.8 Å². The number of carbonyl (C=O) groups excluding carboxylic acids is 2. The number of esters is 1. The fraction of sp³-hybridized carbons (Fsp3) is 0.500. The molecular formula is C20H24N6O4S2. The Hall–Kier alpha value is -2.73. The molecule has 0 saturated heterocycles. The first kappa shape index (κ1) is 22.5. The molecule has 32 heavy (non-hydrogen) atoms. The van der Waals surface area contributed by atoms with Crippen molar-refractivity contribution in [2.45, 2.75) is 57.3 Å². The number of nitrogens with one attached hydrogen (secondary N) is 1. The molecule has 1 aliphatic rings. The summed E-state index contributed by atoms with van der Waals surface area (Å²) in [7, 11) is 0. The number of thiazole rings is 1. The van der Waals surface area contributed by atoms with Crippen LogP contribution >= 0.6 is 23.1 Å². The fourth-order valence-corrected chi connectivity index (χ4v) is 5.32. The van der Waals surface area contributed by atoms with Crippen LogP contribution in [0.3, 0.4) is 0 Å². The van der Waals surface area contributed by atoms with Gasteiger partial charge in [-0.2, -0.15) is 5.10 Å². The van der Waals surface area contributed by atoms with E-state index < -0.39 is 0 Å². The maximum Gasteiger partial charge on any atom is 0.311 e. The number of carbonyl (C=O) groups is 2. The molecule has 1 aliphatic heterocycles. The molecule has 4 rings (SSSR count). The monoisotopic (exact) mass is 476 g/mol. The van der Waals surface area contributed by atoms with Crippen LogP contribution in [0.5, 0.6) is 0 Å². The SMILES string of the molecule is CCOC(=O)Cc1csc(NC(=O)CC2CSc3nc4c(cnn4C(C)(C)C)c(=O)n32)n1. The first-order valence-electron chi connectivity index (χ1n) is 10.2. The molecule has 1 unspecified atom stereocenters. The van der Waals surface area contributed by atoms with E-state index in [-0.39, 0.29) is 41.9 Å². The number of aromatic nitrogens is 5. The van der Waals surface area contributed by atoms with Gasteiger partial charge in [0.05, 0.1) is 36.5 Å². The molecule has 3 aromatic heterocycles. The van der Waals surface area contributed by atoms with E-state index in [0.717, 1.165) is 0 Å². The predicted octanol–water partition coefficient (Wildman–Crippen LogP) is 2.59. The molecule has 1 amide bonds. The molecule has 0 saturated carbocycles. The van der Waals surface area contributed by atoms with Crippen LogP contribution in [-0.2, 0) is 26.3 Å². The number of anilines is 1. The third kappa shape index (κ3) is 4.42. The quantitative estimate of drug-likeness (QED) is 0.426. The molecule has 10 nitrogen and oxygen atoms in total. The van der Waals surface area contributed by atoms with Gasteiger partial charge in [0.2, 0.25) is 5.91 Å². The zero-order chi connectivity index (χ0) is 23.0. The van der Waals surface area contributed by atoms with Gasteiger partial charge in [0.15, 0.2) is 15.9 Å². The van der Waals surface area contributed by atoms with Gasteiger partial charge in [-0.05, 0) is 27.7 Å². The number of fused-ring (bicyclic) bond motifs is 2. The van der Waals surface area contributed by atoms with E-state index in [1.165, 1.54) is 23.1 Å². The largest absolute Gasteiger partial charge is 0.466 e. The van der Waals surface area contributed by atoms with Gasteiger partial charge in [-0.15, -0.1) is 11.3 Å². The zero-order valence-corrected chi connectivity index (χ0v) is 19.9. The summed E-state index contributed by atoms with van der Waals surface area (Å²) in [5, 5.41) is 10.3. The summed E-state index contributed by atoms with van der Waals surface area (Å²) < 4.78 is 8.26. The lowest BCUT2D eigenvalue weighted by atomic mass is 10.1. The molecular weight excluding hydrogens is 452 g/mol. The lowest BCUT2D eigenvalue weighted by Crippen LogP contribution is -2.29. The highest BCUT2D eigenvalue weighted by Crippen LogP contribution is 2.34. The normalized spacial score (nSPS) is 15.7. The van der Waals surface area contributed by atoms with Crippen molar-refractivity contribution in [3.8, 4) is 0 Å². The number of thioether (sulfide) groups is 1. The number of rotatable bonds is 6. The van der Waals surface area contributed by atoms with E-state index in [0.29, 0.717) is 39.4 Å². The maximum atomic E-state index is 13.1. The van der Waals surface area contributed by atoms with Gasteiger partial charge in [-0.25, -0.2) is 14.6 Å². The van der Waals surface area contributed by atoms with Crippen LogP contribution in [0.2, 0.25) is 0 Å². The van der Waals surface area contributed by atoms with Crippen LogP contribution < -0.4 is 10.9 Å². The highest BCUT2D eigenvalue weighted by atomic mass is 32.2. The number of amides is 1. The lowest BCUT2D eigenvalue weighted by Gasteiger charge is -2.20. The topological polar surface area (TPSA) is 121 Å². The van der Waals surface area contributed by atoms with E-state index in [4.69, 9.17) is 4.74 Å². The van der Waals surface area contributed by atoms with Gasteiger partial charge in [0.25, 0.3) is 5.56 Å². The third-order valence-electron chi connectivity index (χ3n) is 4.86. The first-order valence-corrected chi connectivity index (χ1v) is 12.1. The molecule has 0 bridgehead atoms. The lowest BCUT2D eigenvalue weighted by molar-refractivity contribution is -0.142. The van der Waals surface area contributed by atoms with Crippen molar-refractivity contribution in [3.05, 3.63) is 27.6 Å². The second-order valence-corrected chi connectivity index (χ2v) is 10.2. The minimum absolute atomic E-state index is 0.0617. The Balaban J connectivity index is 1.48. The summed E-state index contributed by atoms with van der Waals surface area (Å²) >= 11 is 2.70. The van der Waals surface area contributed by atoms with Crippen LogP contribution in [0, 0.1) is 0 Å². The Kier molecular flexibility index (Phi) is 6.08. The van der Waals surface area contributed by atoms with E-state index in [2.05, 4.69) is 20.4 Å². The average Bonchev–Trinajstić information content (AvgIpc) is 3.41. The van der Waals surface area contributed by atoms with Crippen molar-refractivity contribution in [2.24, 2.45) is 0 Å². The zero-order valence-electron chi connectivity index (χ0n) is 18.2. The van der Waals surface area contributed by atoms with E-state index in [1.54, 1.807) is 27.7 Å². The summed E-state index contributed by atoms with van der Waals surface area (Å²) in [4.78, 5) is 46.3. The average molecular weight is 477 g/mol. The summed E-state index contributed by atoms with van der Waals surface area (Å²) in [6.45, 7) is 8.06. The molecule has 0 fully saturated rings. The number of nitrogens with zero attached hydrogens (tertiary/aromatic N) is 5.